The standard InChI is InChI=1S/C18H21N5S.HI/c1-14-8-11-24-17(14)13-21-18(19-2)20-12-15-4-6-16(7-5-15)23-10-3-9-22-23;/h3-11H,12-13H2,1-2H3,(H2,19,20,21);1H. The highest BCUT2D eigenvalue weighted by Crippen LogP contribution is 2.14. The lowest BCUT2D eigenvalue weighted by Crippen LogP contribution is -2.36. The number of hydrogen-bond acceptors (Lipinski definition) is 3. The zero-order valence-corrected chi connectivity index (χ0v) is 17.4. The first-order valence-electron chi connectivity index (χ1n) is 7.82. The number of rotatable bonds is 5. The van der Waals surface area contributed by atoms with Gasteiger partial charge < -0.3 is 10.6 Å². The van der Waals surface area contributed by atoms with Crippen LogP contribution in [-0.2, 0) is 13.1 Å². The predicted octanol–water partition coefficient (Wildman–Crippen LogP) is 3.73. The van der Waals surface area contributed by atoms with Crippen LogP contribution < -0.4 is 10.6 Å². The van der Waals surface area contributed by atoms with Crippen LogP contribution in [0, 0.1) is 6.92 Å². The van der Waals surface area contributed by atoms with Crippen molar-refractivity contribution in [2.45, 2.75) is 20.0 Å². The Balaban J connectivity index is 0.00000225. The Kier molecular flexibility index (Phi) is 7.45. The van der Waals surface area contributed by atoms with Gasteiger partial charge in [-0.15, -0.1) is 35.3 Å². The van der Waals surface area contributed by atoms with E-state index in [2.05, 4.69) is 63.4 Å². The third kappa shape index (κ3) is 5.30. The van der Waals surface area contributed by atoms with Crippen LogP contribution in [0.3, 0.4) is 0 Å². The van der Waals surface area contributed by atoms with E-state index in [0.29, 0.717) is 0 Å². The first kappa shape index (κ1) is 19.5. The molecule has 2 heterocycles. The lowest BCUT2D eigenvalue weighted by atomic mass is 10.2. The fraction of sp³-hybridized carbons (Fsp3) is 0.222. The normalized spacial score (nSPS) is 11.0. The van der Waals surface area contributed by atoms with Crippen molar-refractivity contribution in [3.8, 4) is 5.69 Å². The maximum absolute atomic E-state index is 4.28. The SMILES string of the molecule is CN=C(NCc1ccc(-n2cccn2)cc1)NCc1sccc1C.I. The second-order valence-corrected chi connectivity index (χ2v) is 6.42. The van der Waals surface area contributed by atoms with Gasteiger partial charge in [-0.2, -0.15) is 5.10 Å². The van der Waals surface area contributed by atoms with E-state index >= 15 is 0 Å². The summed E-state index contributed by atoms with van der Waals surface area (Å²) >= 11 is 1.76. The number of aryl methyl sites for hydroxylation is 1. The van der Waals surface area contributed by atoms with Gasteiger partial charge in [0, 0.05) is 30.9 Å². The van der Waals surface area contributed by atoms with Gasteiger partial charge in [0.15, 0.2) is 5.96 Å². The zero-order valence-electron chi connectivity index (χ0n) is 14.3. The van der Waals surface area contributed by atoms with Crippen LogP contribution in [0.2, 0.25) is 0 Å². The van der Waals surface area contributed by atoms with E-state index in [1.807, 2.05) is 16.9 Å². The Morgan fingerprint density at radius 1 is 1.16 bits per heavy atom. The number of hydrogen-bond donors (Lipinski definition) is 2. The number of benzene rings is 1. The van der Waals surface area contributed by atoms with Gasteiger partial charge in [0.25, 0.3) is 0 Å². The largest absolute Gasteiger partial charge is 0.352 e. The van der Waals surface area contributed by atoms with Crippen LogP contribution >= 0.6 is 35.3 Å². The van der Waals surface area contributed by atoms with Crippen molar-refractivity contribution in [2.24, 2.45) is 4.99 Å². The van der Waals surface area contributed by atoms with Gasteiger partial charge in [-0.1, -0.05) is 12.1 Å². The van der Waals surface area contributed by atoms with Crippen molar-refractivity contribution in [2.75, 3.05) is 7.05 Å². The highest BCUT2D eigenvalue weighted by Gasteiger charge is 2.03. The van der Waals surface area contributed by atoms with Crippen molar-refractivity contribution in [1.82, 2.24) is 20.4 Å². The molecule has 2 N–H and O–H groups in total. The lowest BCUT2D eigenvalue weighted by molar-refractivity contribution is 0.812. The molecule has 7 heteroatoms. The zero-order chi connectivity index (χ0) is 16.8. The van der Waals surface area contributed by atoms with Crippen LogP contribution in [0.25, 0.3) is 5.69 Å². The van der Waals surface area contributed by atoms with Crippen LogP contribution in [0.5, 0.6) is 0 Å². The monoisotopic (exact) mass is 467 g/mol. The van der Waals surface area contributed by atoms with Gasteiger partial charge in [0.2, 0.25) is 0 Å². The molecule has 0 spiro atoms. The van der Waals surface area contributed by atoms with E-state index in [1.165, 1.54) is 16.0 Å². The number of halogens is 1. The first-order chi connectivity index (χ1) is 11.8. The molecule has 0 aliphatic carbocycles. The predicted molar refractivity (Wildman–Crippen MR) is 115 cm³/mol. The molecule has 2 aromatic heterocycles. The minimum Gasteiger partial charge on any atom is -0.352 e. The second-order valence-electron chi connectivity index (χ2n) is 5.42. The number of thiophene rings is 1. The second kappa shape index (κ2) is 9.57. The van der Waals surface area contributed by atoms with E-state index < -0.39 is 0 Å². The molecule has 132 valence electrons. The first-order valence-corrected chi connectivity index (χ1v) is 8.70. The topological polar surface area (TPSA) is 54.2 Å². The molecule has 3 rings (SSSR count). The van der Waals surface area contributed by atoms with Gasteiger partial charge >= 0.3 is 0 Å². The van der Waals surface area contributed by atoms with Crippen molar-refractivity contribution < 1.29 is 0 Å². The van der Waals surface area contributed by atoms with E-state index in [0.717, 1.165) is 24.7 Å². The summed E-state index contributed by atoms with van der Waals surface area (Å²) in [5.41, 5.74) is 3.57. The summed E-state index contributed by atoms with van der Waals surface area (Å²) in [4.78, 5) is 5.61. The molecule has 1 aromatic carbocycles. The van der Waals surface area contributed by atoms with E-state index in [9.17, 15) is 0 Å². The van der Waals surface area contributed by atoms with Crippen molar-refractivity contribution in [3.63, 3.8) is 0 Å². The van der Waals surface area contributed by atoms with E-state index in [1.54, 1.807) is 24.6 Å². The Morgan fingerprint density at radius 3 is 2.52 bits per heavy atom. The number of guanidine groups is 1. The van der Waals surface area contributed by atoms with E-state index in [-0.39, 0.29) is 24.0 Å². The number of nitrogens with one attached hydrogen (secondary N) is 2. The van der Waals surface area contributed by atoms with Crippen molar-refractivity contribution in [3.05, 3.63) is 70.2 Å². The van der Waals surface area contributed by atoms with Crippen molar-refractivity contribution >= 4 is 41.3 Å². The van der Waals surface area contributed by atoms with Gasteiger partial charge in [0.1, 0.15) is 0 Å². The van der Waals surface area contributed by atoms with Gasteiger partial charge in [-0.25, -0.2) is 4.68 Å². The molecule has 0 saturated carbocycles. The fourth-order valence-electron chi connectivity index (χ4n) is 2.34. The summed E-state index contributed by atoms with van der Waals surface area (Å²) in [5.74, 6) is 0.805. The van der Waals surface area contributed by atoms with Gasteiger partial charge in [-0.3, -0.25) is 4.99 Å². The molecular formula is C18H22IN5S. The smallest absolute Gasteiger partial charge is 0.191 e. The highest BCUT2D eigenvalue weighted by molar-refractivity contribution is 14.0. The molecule has 0 bridgehead atoms. The molecule has 0 unspecified atom stereocenters. The average Bonchev–Trinajstić information content (AvgIpc) is 3.28. The maximum Gasteiger partial charge on any atom is 0.191 e. The molecule has 5 nitrogen and oxygen atoms in total. The van der Waals surface area contributed by atoms with Crippen LogP contribution in [0.4, 0.5) is 0 Å². The van der Waals surface area contributed by atoms with Crippen LogP contribution in [0.15, 0.2) is 59.2 Å². The molecule has 0 fully saturated rings. The summed E-state index contributed by atoms with van der Waals surface area (Å²) in [6, 6.07) is 12.4. The fourth-order valence-corrected chi connectivity index (χ4v) is 3.19. The highest BCUT2D eigenvalue weighted by atomic mass is 127. The van der Waals surface area contributed by atoms with Crippen molar-refractivity contribution in [1.29, 1.82) is 0 Å². The maximum atomic E-state index is 4.28. The molecule has 0 aliphatic heterocycles. The summed E-state index contributed by atoms with van der Waals surface area (Å²) in [6.07, 6.45) is 3.71. The molecule has 0 aliphatic rings. The molecule has 3 aromatic rings. The Bertz CT molecular complexity index is 793. The Labute approximate surface area is 169 Å². The minimum absolute atomic E-state index is 0. The third-order valence-electron chi connectivity index (χ3n) is 3.77. The van der Waals surface area contributed by atoms with Gasteiger partial charge in [0.05, 0.1) is 12.2 Å². The minimum atomic E-state index is 0. The van der Waals surface area contributed by atoms with Gasteiger partial charge in [-0.05, 0) is 47.7 Å². The molecule has 0 amide bonds. The van der Waals surface area contributed by atoms with E-state index in [4.69, 9.17) is 0 Å². The molecular weight excluding hydrogens is 445 g/mol. The Morgan fingerprint density at radius 2 is 1.92 bits per heavy atom. The molecule has 0 atom stereocenters. The Hall–Kier alpha value is -1.87. The lowest BCUT2D eigenvalue weighted by Gasteiger charge is -2.12. The number of aliphatic imine (C=N–C) groups is 1. The van der Waals surface area contributed by atoms with Crippen LogP contribution in [0.1, 0.15) is 16.0 Å². The molecule has 0 radical (unpaired) electrons. The summed E-state index contributed by atoms with van der Waals surface area (Å²) < 4.78 is 1.85. The average molecular weight is 467 g/mol. The number of nitrogens with zero attached hydrogens (tertiary/aromatic N) is 3. The molecule has 0 saturated heterocycles. The molecule has 25 heavy (non-hydrogen) atoms. The summed E-state index contributed by atoms with van der Waals surface area (Å²) in [5, 5.41) is 13.0. The summed E-state index contributed by atoms with van der Waals surface area (Å²) in [6.45, 7) is 3.65. The van der Waals surface area contributed by atoms with Crippen LogP contribution in [-0.4, -0.2) is 22.8 Å². The summed E-state index contributed by atoms with van der Waals surface area (Å²) in [7, 11) is 1.79. The number of aromatic nitrogens is 2. The quantitative estimate of drug-likeness (QED) is 0.342. The third-order valence-corrected chi connectivity index (χ3v) is 4.80.